The van der Waals surface area contributed by atoms with Gasteiger partial charge in [-0.2, -0.15) is 0 Å². The number of aliphatic hydroxyl groups is 1. The smallest absolute Gasteiger partial charge is 0.318 e. The lowest BCUT2D eigenvalue weighted by Crippen LogP contribution is -2.40. The fourth-order valence-electron chi connectivity index (χ4n) is 1.94. The number of aliphatic hydroxyl groups excluding tert-OH is 1. The second-order valence-electron chi connectivity index (χ2n) is 4.41. The van der Waals surface area contributed by atoms with Gasteiger partial charge >= 0.3 is 5.97 Å². The minimum Gasteiger partial charge on any atom is -0.456 e. The predicted molar refractivity (Wildman–Crippen MR) is 53.7 cm³/mol. The van der Waals surface area contributed by atoms with Crippen molar-refractivity contribution in [2.75, 3.05) is 6.61 Å². The number of cyclic esters (lactones) is 1. The Morgan fingerprint density at radius 3 is 2.82 bits per heavy atom. The Bertz CT molecular complexity index is 379. The van der Waals surface area contributed by atoms with E-state index in [-0.39, 0.29) is 6.61 Å². The van der Waals surface area contributed by atoms with Gasteiger partial charge in [0.2, 0.25) is 0 Å². The maximum absolute atomic E-state index is 11.4. The molecule has 17 heavy (non-hydrogen) atoms. The van der Waals surface area contributed by atoms with Crippen LogP contribution in [-0.2, 0) is 19.0 Å². The summed E-state index contributed by atoms with van der Waals surface area (Å²) < 4.78 is 15.8. The zero-order chi connectivity index (χ0) is 12.6. The van der Waals surface area contributed by atoms with Crippen LogP contribution in [0.15, 0.2) is 5.11 Å². The van der Waals surface area contributed by atoms with Crippen LogP contribution in [0.2, 0.25) is 0 Å². The normalized spacial score (nSPS) is 39.8. The largest absolute Gasteiger partial charge is 0.456 e. The average Bonchev–Trinajstić information content (AvgIpc) is 2.73. The molecule has 0 aliphatic carbocycles. The topological polar surface area (TPSA) is 114 Å². The second kappa shape index (κ2) is 4.15. The van der Waals surface area contributed by atoms with Gasteiger partial charge in [-0.25, -0.2) is 0 Å². The Morgan fingerprint density at radius 1 is 1.59 bits per heavy atom. The van der Waals surface area contributed by atoms with Crippen molar-refractivity contribution in [1.82, 2.24) is 0 Å². The molecule has 8 heteroatoms. The molecular weight excluding hydrogens is 230 g/mol. The van der Waals surface area contributed by atoms with Crippen LogP contribution in [0.5, 0.6) is 0 Å². The molecule has 0 aromatic heterocycles. The van der Waals surface area contributed by atoms with Gasteiger partial charge in [-0.3, -0.25) is 4.79 Å². The molecule has 94 valence electrons. The number of carbonyl (C=O) groups is 1. The van der Waals surface area contributed by atoms with Crippen molar-refractivity contribution in [2.24, 2.45) is 5.11 Å². The summed E-state index contributed by atoms with van der Waals surface area (Å²) in [6.45, 7) is 3.66. The van der Waals surface area contributed by atoms with Gasteiger partial charge < -0.3 is 19.3 Å². The molecule has 0 spiro atoms. The first-order valence-corrected chi connectivity index (χ1v) is 5.19. The molecular formula is C9H13N3O5. The van der Waals surface area contributed by atoms with Crippen molar-refractivity contribution in [3.8, 4) is 0 Å². The lowest BCUT2D eigenvalue weighted by atomic mass is 10.1. The molecule has 2 rings (SSSR count). The van der Waals surface area contributed by atoms with E-state index in [2.05, 4.69) is 10.0 Å². The standard InChI is InChI=1S/C9H13N3O5/c1-9(2)15-3-4(17-9)7-6(13)5(11-12-10)8(14)16-7/h4-7,13H,3H2,1-2H3/t4-,5+,6-,7-/m1/s1. The number of rotatable bonds is 2. The maximum atomic E-state index is 11.4. The first kappa shape index (κ1) is 12.1. The van der Waals surface area contributed by atoms with Crippen LogP contribution in [0.3, 0.4) is 0 Å². The molecule has 0 aromatic carbocycles. The molecule has 8 nitrogen and oxygen atoms in total. The first-order chi connectivity index (χ1) is 7.94. The predicted octanol–water partition coefficient (Wildman–Crippen LogP) is 0.103. The summed E-state index contributed by atoms with van der Waals surface area (Å²) in [6.07, 6.45) is -2.62. The minimum absolute atomic E-state index is 0.213. The van der Waals surface area contributed by atoms with Gasteiger partial charge in [-0.1, -0.05) is 5.11 Å². The lowest BCUT2D eigenvalue weighted by Gasteiger charge is -2.21. The number of nitrogens with zero attached hydrogens (tertiary/aromatic N) is 3. The van der Waals surface area contributed by atoms with Crippen molar-refractivity contribution < 1.29 is 24.1 Å². The highest BCUT2D eigenvalue weighted by Gasteiger charge is 2.51. The summed E-state index contributed by atoms with van der Waals surface area (Å²) in [5.74, 6) is -1.51. The molecule has 0 unspecified atom stereocenters. The fourth-order valence-corrected chi connectivity index (χ4v) is 1.94. The maximum Gasteiger partial charge on any atom is 0.318 e. The van der Waals surface area contributed by atoms with Crippen molar-refractivity contribution in [2.45, 2.75) is 44.0 Å². The van der Waals surface area contributed by atoms with E-state index in [4.69, 9.17) is 19.7 Å². The van der Waals surface area contributed by atoms with Gasteiger partial charge in [0.1, 0.15) is 12.2 Å². The summed E-state index contributed by atoms with van der Waals surface area (Å²) in [5, 5.41) is 13.0. The van der Waals surface area contributed by atoms with Crippen molar-refractivity contribution in [3.63, 3.8) is 0 Å². The fraction of sp³-hybridized carbons (Fsp3) is 0.889. The van der Waals surface area contributed by atoms with E-state index >= 15 is 0 Å². The zero-order valence-corrected chi connectivity index (χ0v) is 9.44. The number of ether oxygens (including phenoxy) is 3. The van der Waals surface area contributed by atoms with E-state index in [9.17, 15) is 9.90 Å². The van der Waals surface area contributed by atoms with Gasteiger partial charge in [0.25, 0.3) is 0 Å². The zero-order valence-electron chi connectivity index (χ0n) is 9.44. The molecule has 0 amide bonds. The summed E-state index contributed by atoms with van der Waals surface area (Å²) in [6, 6.07) is -1.21. The Hall–Kier alpha value is -1.34. The van der Waals surface area contributed by atoms with Crippen molar-refractivity contribution in [3.05, 3.63) is 10.4 Å². The molecule has 2 saturated heterocycles. The molecule has 0 saturated carbocycles. The summed E-state index contributed by atoms with van der Waals surface area (Å²) in [7, 11) is 0. The number of hydrogen-bond donors (Lipinski definition) is 1. The molecule has 2 aliphatic heterocycles. The van der Waals surface area contributed by atoms with E-state index in [1.165, 1.54) is 0 Å². The van der Waals surface area contributed by atoms with Crippen LogP contribution in [0, 0.1) is 0 Å². The Kier molecular flexibility index (Phi) is 2.96. The van der Waals surface area contributed by atoms with Crippen LogP contribution in [0.1, 0.15) is 13.8 Å². The van der Waals surface area contributed by atoms with Gasteiger partial charge in [0, 0.05) is 4.91 Å². The average molecular weight is 243 g/mol. The van der Waals surface area contributed by atoms with E-state index in [0.717, 1.165) is 0 Å². The second-order valence-corrected chi connectivity index (χ2v) is 4.41. The first-order valence-electron chi connectivity index (χ1n) is 5.19. The molecule has 1 N–H and O–H groups in total. The monoisotopic (exact) mass is 243 g/mol. The summed E-state index contributed by atoms with van der Waals surface area (Å²) >= 11 is 0. The van der Waals surface area contributed by atoms with E-state index in [1.54, 1.807) is 13.8 Å². The highest BCUT2D eigenvalue weighted by atomic mass is 16.8. The van der Waals surface area contributed by atoms with E-state index in [0.29, 0.717) is 0 Å². The Labute approximate surface area is 97.1 Å². The van der Waals surface area contributed by atoms with Crippen LogP contribution in [0.25, 0.3) is 10.4 Å². The number of hydrogen-bond acceptors (Lipinski definition) is 6. The Balaban J connectivity index is 2.09. The van der Waals surface area contributed by atoms with Gasteiger partial charge in [0.15, 0.2) is 17.9 Å². The molecule has 0 aromatic rings. The molecule has 4 atom stereocenters. The van der Waals surface area contributed by atoms with Crippen LogP contribution < -0.4 is 0 Å². The summed E-state index contributed by atoms with van der Waals surface area (Å²) in [4.78, 5) is 13.9. The van der Waals surface area contributed by atoms with Gasteiger partial charge in [-0.15, -0.1) is 0 Å². The molecule has 0 bridgehead atoms. The number of esters is 1. The third-order valence-electron chi connectivity index (χ3n) is 2.73. The lowest BCUT2D eigenvalue weighted by molar-refractivity contribution is -0.166. The third-order valence-corrected chi connectivity index (χ3v) is 2.73. The Morgan fingerprint density at radius 2 is 2.29 bits per heavy atom. The van der Waals surface area contributed by atoms with Crippen molar-refractivity contribution in [1.29, 1.82) is 0 Å². The van der Waals surface area contributed by atoms with Crippen molar-refractivity contribution >= 4 is 5.97 Å². The quantitative estimate of drug-likeness (QED) is 0.320. The van der Waals surface area contributed by atoms with Crippen LogP contribution >= 0.6 is 0 Å². The molecule has 0 radical (unpaired) electrons. The number of carbonyl (C=O) groups excluding carboxylic acids is 1. The SMILES string of the molecule is CC1(C)OC[C@H]([C@H]2OC(=O)[C@@H](N=[N+]=[N-])[C@H]2O)O1. The number of azide groups is 1. The third kappa shape index (κ3) is 2.20. The summed E-state index contributed by atoms with van der Waals surface area (Å²) in [5.41, 5.74) is 8.28. The van der Waals surface area contributed by atoms with Gasteiger partial charge in [0.05, 0.1) is 6.61 Å². The van der Waals surface area contributed by atoms with Crippen LogP contribution in [0.4, 0.5) is 0 Å². The van der Waals surface area contributed by atoms with Gasteiger partial charge in [-0.05, 0) is 19.4 Å². The molecule has 2 aliphatic rings. The molecule has 2 heterocycles. The minimum atomic E-state index is -1.21. The highest BCUT2D eigenvalue weighted by molar-refractivity contribution is 5.79. The van der Waals surface area contributed by atoms with E-state index < -0.39 is 36.1 Å². The van der Waals surface area contributed by atoms with E-state index in [1.807, 2.05) is 0 Å². The highest BCUT2D eigenvalue weighted by Crippen LogP contribution is 2.31. The van der Waals surface area contributed by atoms with Crippen LogP contribution in [-0.4, -0.2) is 47.8 Å². The molecule has 2 fully saturated rings.